The SMILES string of the molecule is O=C(NCc1cccc(F)c1)N1CCC(c2cc(NCc3cccnc3)n3ncc(Br)c3n2)CC1. The van der Waals surface area contributed by atoms with Crippen LogP contribution < -0.4 is 10.6 Å². The number of anilines is 1. The molecule has 5 rings (SSSR count). The van der Waals surface area contributed by atoms with Gasteiger partial charge < -0.3 is 15.5 Å². The number of benzene rings is 1. The zero-order valence-corrected chi connectivity index (χ0v) is 20.6. The van der Waals surface area contributed by atoms with Crippen LogP contribution in [0.2, 0.25) is 0 Å². The number of rotatable bonds is 6. The Bertz CT molecular complexity index is 1320. The van der Waals surface area contributed by atoms with Gasteiger partial charge >= 0.3 is 6.03 Å². The number of aromatic nitrogens is 4. The molecule has 4 aromatic rings. The van der Waals surface area contributed by atoms with Gasteiger partial charge in [0.25, 0.3) is 0 Å². The van der Waals surface area contributed by atoms with E-state index >= 15 is 0 Å². The van der Waals surface area contributed by atoms with Crippen molar-refractivity contribution in [3.8, 4) is 0 Å². The van der Waals surface area contributed by atoms with Crippen molar-refractivity contribution in [2.24, 2.45) is 0 Å². The fourth-order valence-electron chi connectivity index (χ4n) is 4.30. The maximum Gasteiger partial charge on any atom is 0.317 e. The predicted molar refractivity (Wildman–Crippen MR) is 134 cm³/mol. The molecule has 4 heterocycles. The van der Waals surface area contributed by atoms with Gasteiger partial charge in [0, 0.05) is 56.3 Å². The molecule has 0 unspecified atom stereocenters. The summed E-state index contributed by atoms with van der Waals surface area (Å²) in [5, 5.41) is 10.8. The van der Waals surface area contributed by atoms with E-state index in [1.54, 1.807) is 29.0 Å². The molecular formula is C25H25BrFN7O. The van der Waals surface area contributed by atoms with E-state index in [1.165, 1.54) is 12.1 Å². The summed E-state index contributed by atoms with van der Waals surface area (Å²) in [6.45, 7) is 2.18. The maximum absolute atomic E-state index is 13.4. The van der Waals surface area contributed by atoms with Crippen LogP contribution in [0.25, 0.3) is 5.65 Å². The average molecular weight is 538 g/mol. The maximum atomic E-state index is 13.4. The summed E-state index contributed by atoms with van der Waals surface area (Å²) in [5.41, 5.74) is 3.55. The van der Waals surface area contributed by atoms with Gasteiger partial charge in [-0.25, -0.2) is 14.2 Å². The molecule has 2 amide bonds. The second kappa shape index (κ2) is 10.4. The highest BCUT2D eigenvalue weighted by Crippen LogP contribution is 2.30. The predicted octanol–water partition coefficient (Wildman–Crippen LogP) is 4.73. The van der Waals surface area contributed by atoms with Gasteiger partial charge in [0.15, 0.2) is 5.65 Å². The Labute approximate surface area is 210 Å². The van der Waals surface area contributed by atoms with Crippen LogP contribution in [0.4, 0.5) is 15.0 Å². The largest absolute Gasteiger partial charge is 0.366 e. The molecule has 1 saturated heterocycles. The van der Waals surface area contributed by atoms with Crippen LogP contribution in [0.3, 0.4) is 0 Å². The Morgan fingerprint density at radius 2 is 1.91 bits per heavy atom. The number of likely N-dealkylation sites (tertiary alicyclic amines) is 1. The third-order valence-electron chi connectivity index (χ3n) is 6.18. The molecule has 3 aromatic heterocycles. The molecule has 0 aliphatic carbocycles. The number of nitrogens with zero attached hydrogens (tertiary/aromatic N) is 5. The Kier molecular flexibility index (Phi) is 6.89. The minimum absolute atomic E-state index is 0.131. The van der Waals surface area contributed by atoms with Crippen molar-refractivity contribution in [2.45, 2.75) is 31.8 Å². The van der Waals surface area contributed by atoms with E-state index in [9.17, 15) is 9.18 Å². The van der Waals surface area contributed by atoms with Crippen LogP contribution in [-0.2, 0) is 13.1 Å². The van der Waals surface area contributed by atoms with E-state index in [-0.39, 0.29) is 17.8 Å². The van der Waals surface area contributed by atoms with Gasteiger partial charge in [-0.2, -0.15) is 9.61 Å². The molecule has 180 valence electrons. The first-order chi connectivity index (χ1) is 17.1. The fraction of sp³-hybridized carbons (Fsp3) is 0.280. The Hall–Kier alpha value is -3.53. The first-order valence-electron chi connectivity index (χ1n) is 11.5. The Balaban J connectivity index is 1.24. The van der Waals surface area contributed by atoms with Gasteiger partial charge in [-0.1, -0.05) is 18.2 Å². The van der Waals surface area contributed by atoms with E-state index in [4.69, 9.17) is 4.98 Å². The number of hydrogen-bond acceptors (Lipinski definition) is 5. The molecule has 0 saturated carbocycles. The van der Waals surface area contributed by atoms with Crippen LogP contribution in [0.5, 0.6) is 0 Å². The average Bonchev–Trinajstić information content (AvgIpc) is 3.27. The van der Waals surface area contributed by atoms with Gasteiger partial charge in [-0.15, -0.1) is 0 Å². The van der Waals surface area contributed by atoms with Crippen molar-refractivity contribution in [1.29, 1.82) is 0 Å². The zero-order chi connectivity index (χ0) is 24.2. The molecule has 1 aromatic carbocycles. The normalized spacial score (nSPS) is 14.3. The minimum atomic E-state index is -0.304. The van der Waals surface area contributed by atoms with Gasteiger partial charge in [0.05, 0.1) is 10.7 Å². The highest BCUT2D eigenvalue weighted by molar-refractivity contribution is 9.10. The molecule has 0 atom stereocenters. The molecule has 8 nitrogen and oxygen atoms in total. The minimum Gasteiger partial charge on any atom is -0.366 e. The number of nitrogens with one attached hydrogen (secondary N) is 2. The topological polar surface area (TPSA) is 87.5 Å². The third kappa shape index (κ3) is 5.43. The number of halogens is 2. The third-order valence-corrected chi connectivity index (χ3v) is 6.74. The number of carbonyl (C=O) groups is 1. The highest BCUT2D eigenvalue weighted by atomic mass is 79.9. The van der Waals surface area contributed by atoms with E-state index in [0.717, 1.165) is 45.6 Å². The summed E-state index contributed by atoms with van der Waals surface area (Å²) in [7, 11) is 0. The molecule has 1 fully saturated rings. The first-order valence-corrected chi connectivity index (χ1v) is 12.3. The summed E-state index contributed by atoms with van der Waals surface area (Å²) in [6, 6.07) is 12.1. The Morgan fingerprint density at radius 3 is 2.69 bits per heavy atom. The van der Waals surface area contributed by atoms with E-state index in [2.05, 4.69) is 36.6 Å². The lowest BCUT2D eigenvalue weighted by molar-refractivity contribution is 0.180. The number of piperidine rings is 1. The van der Waals surface area contributed by atoms with Gasteiger partial charge in [-0.3, -0.25) is 4.98 Å². The summed E-state index contributed by atoms with van der Waals surface area (Å²) in [5.74, 6) is 0.781. The molecule has 0 spiro atoms. The molecule has 2 N–H and O–H groups in total. The molecule has 0 bridgehead atoms. The summed E-state index contributed by atoms with van der Waals surface area (Å²) in [4.78, 5) is 23.5. The van der Waals surface area contributed by atoms with Gasteiger partial charge in [0.2, 0.25) is 0 Å². The lowest BCUT2D eigenvalue weighted by Gasteiger charge is -2.32. The van der Waals surface area contributed by atoms with E-state index < -0.39 is 0 Å². The van der Waals surface area contributed by atoms with Crippen molar-refractivity contribution in [3.63, 3.8) is 0 Å². The number of amides is 2. The fourth-order valence-corrected chi connectivity index (χ4v) is 4.65. The second-order valence-corrected chi connectivity index (χ2v) is 9.41. The van der Waals surface area contributed by atoms with Crippen molar-refractivity contribution in [3.05, 3.63) is 88.2 Å². The van der Waals surface area contributed by atoms with Crippen molar-refractivity contribution in [1.82, 2.24) is 29.8 Å². The van der Waals surface area contributed by atoms with Gasteiger partial charge in [0.1, 0.15) is 11.6 Å². The van der Waals surface area contributed by atoms with Crippen LogP contribution in [0, 0.1) is 5.82 Å². The summed E-state index contributed by atoms with van der Waals surface area (Å²) < 4.78 is 16.0. The standard InChI is InChI=1S/C25H25BrFN7O/c26-21-16-31-34-23(29-15-18-4-2-8-28-13-18)12-22(32-24(21)34)19-6-9-33(10-7-19)25(35)30-14-17-3-1-5-20(27)11-17/h1-5,8,11-13,16,19,29H,6-7,9-10,14-15H2,(H,30,35). The molecule has 10 heteroatoms. The van der Waals surface area contributed by atoms with E-state index in [1.807, 2.05) is 29.3 Å². The molecule has 1 aliphatic rings. The number of fused-ring (bicyclic) bond motifs is 1. The van der Waals surface area contributed by atoms with Crippen LogP contribution in [0.15, 0.2) is 65.5 Å². The van der Waals surface area contributed by atoms with Crippen LogP contribution in [-0.4, -0.2) is 43.6 Å². The number of pyridine rings is 1. The molecule has 1 aliphatic heterocycles. The molecular weight excluding hydrogens is 513 g/mol. The van der Waals surface area contributed by atoms with Gasteiger partial charge in [-0.05, 0) is 58.1 Å². The lowest BCUT2D eigenvalue weighted by Crippen LogP contribution is -2.43. The quantitative estimate of drug-likeness (QED) is 0.371. The van der Waals surface area contributed by atoms with Crippen LogP contribution >= 0.6 is 15.9 Å². The summed E-state index contributed by atoms with van der Waals surface area (Å²) >= 11 is 3.56. The molecule has 0 radical (unpaired) electrons. The van der Waals surface area contributed by atoms with E-state index in [0.29, 0.717) is 26.2 Å². The second-order valence-electron chi connectivity index (χ2n) is 8.56. The zero-order valence-electron chi connectivity index (χ0n) is 19.0. The number of hydrogen-bond donors (Lipinski definition) is 2. The lowest BCUT2D eigenvalue weighted by atomic mass is 9.93. The summed E-state index contributed by atoms with van der Waals surface area (Å²) in [6.07, 6.45) is 6.95. The smallest absolute Gasteiger partial charge is 0.317 e. The number of urea groups is 1. The first kappa shape index (κ1) is 23.2. The van der Waals surface area contributed by atoms with Crippen molar-refractivity contribution >= 4 is 33.4 Å². The number of carbonyl (C=O) groups excluding carboxylic acids is 1. The van der Waals surface area contributed by atoms with Crippen molar-refractivity contribution < 1.29 is 9.18 Å². The Morgan fingerprint density at radius 1 is 1.09 bits per heavy atom. The molecule has 35 heavy (non-hydrogen) atoms. The highest BCUT2D eigenvalue weighted by Gasteiger charge is 2.26. The van der Waals surface area contributed by atoms with Crippen LogP contribution in [0.1, 0.15) is 35.6 Å². The monoisotopic (exact) mass is 537 g/mol. The van der Waals surface area contributed by atoms with Crippen molar-refractivity contribution in [2.75, 3.05) is 18.4 Å².